The maximum absolute atomic E-state index is 11.9. The van der Waals surface area contributed by atoms with Crippen LogP contribution in [0.1, 0.15) is 37.8 Å². The van der Waals surface area contributed by atoms with Crippen molar-refractivity contribution in [2.45, 2.75) is 43.9 Å². The lowest BCUT2D eigenvalue weighted by Crippen LogP contribution is -2.35. The lowest BCUT2D eigenvalue weighted by molar-refractivity contribution is 0.477. The van der Waals surface area contributed by atoms with E-state index in [1.165, 1.54) is 0 Å². The van der Waals surface area contributed by atoms with Crippen LogP contribution in [0, 0.1) is 0 Å². The molecule has 2 N–H and O–H groups in total. The fourth-order valence-corrected chi connectivity index (χ4v) is 3.60. The monoisotopic (exact) mass is 243 g/mol. The molecule has 0 radical (unpaired) electrons. The molecule has 2 rings (SSSR count). The van der Waals surface area contributed by atoms with Crippen LogP contribution in [0.5, 0.6) is 0 Å². The number of rotatable bonds is 4. The zero-order chi connectivity index (χ0) is 11.4. The Morgan fingerprint density at radius 1 is 1.38 bits per heavy atom. The number of hydrogen-bond donors (Lipinski definition) is 2. The van der Waals surface area contributed by atoms with Crippen LogP contribution in [-0.4, -0.2) is 23.9 Å². The summed E-state index contributed by atoms with van der Waals surface area (Å²) in [5, 5.41) is 6.31. The fourth-order valence-electron chi connectivity index (χ4n) is 2.05. The Morgan fingerprint density at radius 3 is 2.75 bits per heavy atom. The lowest BCUT2D eigenvalue weighted by Gasteiger charge is -2.21. The molecule has 1 aliphatic rings. The highest BCUT2D eigenvalue weighted by Gasteiger charge is 2.26. The van der Waals surface area contributed by atoms with Crippen molar-refractivity contribution in [1.82, 2.24) is 14.9 Å². The van der Waals surface area contributed by atoms with E-state index >= 15 is 0 Å². The standard InChI is InChI=1S/C10H17N3O2S/c14-16(15,10-4-2-1-3-5-10)12-8-9-6-7-11-13-9/h6-7,10,12H,1-5,8H2,(H,11,13). The molecule has 90 valence electrons. The van der Waals surface area contributed by atoms with Gasteiger partial charge in [0.2, 0.25) is 10.0 Å². The first-order chi connectivity index (χ1) is 7.68. The van der Waals surface area contributed by atoms with E-state index in [2.05, 4.69) is 14.9 Å². The first-order valence-corrected chi connectivity index (χ1v) is 7.20. The average Bonchev–Trinajstić information content (AvgIpc) is 2.81. The van der Waals surface area contributed by atoms with E-state index < -0.39 is 10.0 Å². The van der Waals surface area contributed by atoms with Gasteiger partial charge in [-0.05, 0) is 18.9 Å². The zero-order valence-electron chi connectivity index (χ0n) is 9.15. The third kappa shape index (κ3) is 2.82. The summed E-state index contributed by atoms with van der Waals surface area (Å²) >= 11 is 0. The van der Waals surface area contributed by atoms with Gasteiger partial charge in [-0.15, -0.1) is 0 Å². The SMILES string of the molecule is O=S(=O)(NCc1ccn[nH]1)C1CCCCC1. The van der Waals surface area contributed by atoms with Crippen LogP contribution in [0.3, 0.4) is 0 Å². The number of aromatic nitrogens is 2. The van der Waals surface area contributed by atoms with E-state index in [-0.39, 0.29) is 5.25 Å². The summed E-state index contributed by atoms with van der Waals surface area (Å²) < 4.78 is 26.5. The molecule has 1 aromatic rings. The molecule has 0 amide bonds. The lowest BCUT2D eigenvalue weighted by atomic mass is 10.0. The van der Waals surface area contributed by atoms with E-state index in [9.17, 15) is 8.42 Å². The summed E-state index contributed by atoms with van der Waals surface area (Å²) in [6.07, 6.45) is 6.40. The summed E-state index contributed by atoms with van der Waals surface area (Å²) in [6, 6.07) is 1.77. The van der Waals surface area contributed by atoms with Crippen molar-refractivity contribution >= 4 is 10.0 Å². The molecular weight excluding hydrogens is 226 g/mol. The second kappa shape index (κ2) is 4.97. The minimum atomic E-state index is -3.16. The van der Waals surface area contributed by atoms with E-state index in [0.717, 1.165) is 37.8 Å². The van der Waals surface area contributed by atoms with E-state index in [1.54, 1.807) is 12.3 Å². The van der Waals surface area contributed by atoms with Crippen LogP contribution >= 0.6 is 0 Å². The Kier molecular flexibility index (Phi) is 3.60. The van der Waals surface area contributed by atoms with Gasteiger partial charge < -0.3 is 0 Å². The number of hydrogen-bond acceptors (Lipinski definition) is 3. The largest absolute Gasteiger partial charge is 0.281 e. The maximum Gasteiger partial charge on any atom is 0.214 e. The second-order valence-electron chi connectivity index (χ2n) is 4.21. The molecule has 1 saturated carbocycles. The van der Waals surface area contributed by atoms with Crippen LogP contribution in [0.4, 0.5) is 0 Å². The predicted molar refractivity (Wildman–Crippen MR) is 61.2 cm³/mol. The van der Waals surface area contributed by atoms with E-state index in [4.69, 9.17) is 0 Å². The van der Waals surface area contributed by atoms with Crippen molar-refractivity contribution in [2.75, 3.05) is 0 Å². The van der Waals surface area contributed by atoms with Crippen LogP contribution in [0.25, 0.3) is 0 Å². The van der Waals surface area contributed by atoms with E-state index in [1.807, 2.05) is 0 Å². The van der Waals surface area contributed by atoms with Crippen molar-refractivity contribution in [3.8, 4) is 0 Å². The predicted octanol–water partition coefficient (Wildman–Crippen LogP) is 1.16. The zero-order valence-corrected chi connectivity index (χ0v) is 9.96. The summed E-state index contributed by atoms with van der Waals surface area (Å²) in [7, 11) is -3.16. The Bertz CT molecular complexity index is 407. The third-order valence-electron chi connectivity index (χ3n) is 3.01. The van der Waals surface area contributed by atoms with Crippen molar-refractivity contribution in [1.29, 1.82) is 0 Å². The molecule has 6 heteroatoms. The highest BCUT2D eigenvalue weighted by atomic mass is 32.2. The van der Waals surface area contributed by atoms with Gasteiger partial charge in [-0.1, -0.05) is 19.3 Å². The molecule has 16 heavy (non-hydrogen) atoms. The first-order valence-electron chi connectivity index (χ1n) is 5.65. The molecule has 1 aliphatic carbocycles. The third-order valence-corrected chi connectivity index (χ3v) is 4.91. The van der Waals surface area contributed by atoms with Gasteiger partial charge in [-0.25, -0.2) is 13.1 Å². The van der Waals surface area contributed by atoms with Crippen LogP contribution in [0.15, 0.2) is 12.3 Å². The molecule has 5 nitrogen and oxygen atoms in total. The van der Waals surface area contributed by atoms with Crippen molar-refractivity contribution < 1.29 is 8.42 Å². The van der Waals surface area contributed by atoms with Gasteiger partial charge >= 0.3 is 0 Å². The Balaban J connectivity index is 1.91. The van der Waals surface area contributed by atoms with Gasteiger partial charge in [0.15, 0.2) is 0 Å². The fraction of sp³-hybridized carbons (Fsp3) is 0.700. The first kappa shape index (κ1) is 11.6. The van der Waals surface area contributed by atoms with Gasteiger partial charge in [0, 0.05) is 6.20 Å². The topological polar surface area (TPSA) is 74.8 Å². The molecule has 1 heterocycles. The molecule has 0 atom stereocenters. The molecule has 0 saturated heterocycles. The minimum absolute atomic E-state index is 0.204. The van der Waals surface area contributed by atoms with Gasteiger partial charge in [0.05, 0.1) is 17.5 Å². The maximum atomic E-state index is 11.9. The number of nitrogens with zero attached hydrogens (tertiary/aromatic N) is 1. The van der Waals surface area contributed by atoms with E-state index in [0.29, 0.717) is 6.54 Å². The number of H-pyrrole nitrogens is 1. The van der Waals surface area contributed by atoms with Gasteiger partial charge in [-0.3, -0.25) is 5.10 Å². The molecule has 0 spiro atoms. The average molecular weight is 243 g/mol. The number of nitrogens with one attached hydrogen (secondary N) is 2. The summed E-state index contributed by atoms with van der Waals surface area (Å²) in [5.74, 6) is 0. The smallest absolute Gasteiger partial charge is 0.214 e. The molecule has 1 aromatic heterocycles. The van der Waals surface area contributed by atoms with Crippen molar-refractivity contribution in [3.63, 3.8) is 0 Å². The molecule has 0 aliphatic heterocycles. The molecule has 0 unspecified atom stereocenters. The van der Waals surface area contributed by atoms with Crippen molar-refractivity contribution in [2.24, 2.45) is 0 Å². The molecular formula is C10H17N3O2S. The summed E-state index contributed by atoms with van der Waals surface area (Å²) in [6.45, 7) is 0.304. The highest BCUT2D eigenvalue weighted by Crippen LogP contribution is 2.23. The highest BCUT2D eigenvalue weighted by molar-refractivity contribution is 7.90. The van der Waals surface area contributed by atoms with Crippen LogP contribution in [0.2, 0.25) is 0 Å². The quantitative estimate of drug-likeness (QED) is 0.833. The van der Waals surface area contributed by atoms with Crippen LogP contribution in [-0.2, 0) is 16.6 Å². The Hall–Kier alpha value is -0.880. The second-order valence-corrected chi connectivity index (χ2v) is 6.25. The van der Waals surface area contributed by atoms with Crippen LogP contribution < -0.4 is 4.72 Å². The Morgan fingerprint density at radius 2 is 2.12 bits per heavy atom. The summed E-state index contributed by atoms with van der Waals surface area (Å²) in [4.78, 5) is 0. The van der Waals surface area contributed by atoms with Crippen molar-refractivity contribution in [3.05, 3.63) is 18.0 Å². The molecule has 1 fully saturated rings. The summed E-state index contributed by atoms with van der Waals surface area (Å²) in [5.41, 5.74) is 0.791. The molecule has 0 bridgehead atoms. The minimum Gasteiger partial charge on any atom is -0.281 e. The number of aromatic amines is 1. The Labute approximate surface area is 95.7 Å². The van der Waals surface area contributed by atoms with Gasteiger partial charge in [-0.2, -0.15) is 5.10 Å². The van der Waals surface area contributed by atoms with Gasteiger partial charge in [0.1, 0.15) is 0 Å². The molecule has 0 aromatic carbocycles. The normalized spacial score (nSPS) is 18.8. The van der Waals surface area contributed by atoms with Gasteiger partial charge in [0.25, 0.3) is 0 Å². The number of sulfonamides is 1.